The van der Waals surface area contributed by atoms with Crippen molar-refractivity contribution < 1.29 is 4.79 Å². The van der Waals surface area contributed by atoms with Crippen LogP contribution in [0.2, 0.25) is 0 Å². The van der Waals surface area contributed by atoms with Crippen molar-refractivity contribution in [1.29, 1.82) is 0 Å². The molecule has 17 heavy (non-hydrogen) atoms. The summed E-state index contributed by atoms with van der Waals surface area (Å²) in [6.07, 6.45) is 3.24. The molecule has 0 spiro atoms. The number of aryl methyl sites for hydroxylation is 2. The van der Waals surface area contributed by atoms with Crippen LogP contribution in [-0.2, 0) is 13.5 Å². The molecule has 2 rings (SSSR count). The second kappa shape index (κ2) is 5.32. The highest BCUT2D eigenvalue weighted by atomic mass is 79.9. The Morgan fingerprint density at radius 2 is 1.94 bits per heavy atom. The second-order valence-corrected chi connectivity index (χ2v) is 4.97. The number of hydrogen-bond donors (Lipinski definition) is 0. The zero-order chi connectivity index (χ0) is 12.3. The third-order valence-corrected chi connectivity index (χ3v) is 3.31. The van der Waals surface area contributed by atoms with Crippen molar-refractivity contribution in [3.05, 3.63) is 58.3 Å². The standard InChI is InChI=1S/C14H14BrNO/c1-16-10-2-3-13(16)14(17)9-6-11-4-7-12(15)8-5-11/h2-5,7-8,10H,6,9H2,1H3. The molecule has 0 aliphatic rings. The number of Topliss-reactive ketones (excluding diaryl/α,β-unsaturated/α-hetero) is 1. The summed E-state index contributed by atoms with van der Waals surface area (Å²) in [6.45, 7) is 0. The number of halogens is 1. The maximum absolute atomic E-state index is 11.9. The van der Waals surface area contributed by atoms with Crippen molar-refractivity contribution in [3.63, 3.8) is 0 Å². The smallest absolute Gasteiger partial charge is 0.179 e. The van der Waals surface area contributed by atoms with Gasteiger partial charge >= 0.3 is 0 Å². The van der Waals surface area contributed by atoms with Gasteiger partial charge in [-0.25, -0.2) is 0 Å². The second-order valence-electron chi connectivity index (χ2n) is 4.05. The molecule has 0 atom stereocenters. The maximum atomic E-state index is 11.9. The third-order valence-electron chi connectivity index (χ3n) is 2.78. The lowest BCUT2D eigenvalue weighted by molar-refractivity contribution is 0.0975. The molecule has 0 saturated heterocycles. The Bertz CT molecular complexity index is 513. The average Bonchev–Trinajstić information content (AvgIpc) is 2.74. The van der Waals surface area contributed by atoms with E-state index in [4.69, 9.17) is 0 Å². The number of carbonyl (C=O) groups excluding carboxylic acids is 1. The molecule has 0 aliphatic heterocycles. The number of carbonyl (C=O) groups is 1. The van der Waals surface area contributed by atoms with Crippen LogP contribution >= 0.6 is 15.9 Å². The molecule has 3 heteroatoms. The highest BCUT2D eigenvalue weighted by Gasteiger charge is 2.08. The van der Waals surface area contributed by atoms with Crippen LogP contribution in [0.25, 0.3) is 0 Å². The van der Waals surface area contributed by atoms with E-state index in [0.717, 1.165) is 16.6 Å². The van der Waals surface area contributed by atoms with Gasteiger partial charge in [0.1, 0.15) is 0 Å². The van der Waals surface area contributed by atoms with Crippen molar-refractivity contribution in [2.45, 2.75) is 12.8 Å². The van der Waals surface area contributed by atoms with Crippen LogP contribution in [0.15, 0.2) is 47.1 Å². The van der Waals surface area contributed by atoms with Gasteiger partial charge in [0.15, 0.2) is 5.78 Å². The van der Waals surface area contributed by atoms with Crippen LogP contribution in [0.5, 0.6) is 0 Å². The zero-order valence-corrected chi connectivity index (χ0v) is 11.3. The predicted octanol–water partition coefficient (Wildman–Crippen LogP) is 3.60. The first kappa shape index (κ1) is 12.1. The lowest BCUT2D eigenvalue weighted by Crippen LogP contribution is -2.06. The maximum Gasteiger partial charge on any atom is 0.179 e. The van der Waals surface area contributed by atoms with Crippen LogP contribution in [0.3, 0.4) is 0 Å². The van der Waals surface area contributed by atoms with E-state index >= 15 is 0 Å². The Labute approximate surface area is 109 Å². The largest absolute Gasteiger partial charge is 0.348 e. The Kier molecular flexibility index (Phi) is 3.79. The summed E-state index contributed by atoms with van der Waals surface area (Å²) in [5, 5.41) is 0. The topological polar surface area (TPSA) is 22.0 Å². The van der Waals surface area contributed by atoms with E-state index in [0.29, 0.717) is 6.42 Å². The summed E-state index contributed by atoms with van der Waals surface area (Å²) in [5.74, 6) is 0.195. The van der Waals surface area contributed by atoms with Gasteiger partial charge in [0.25, 0.3) is 0 Å². The summed E-state index contributed by atoms with van der Waals surface area (Å²) in [7, 11) is 1.90. The van der Waals surface area contributed by atoms with Crippen molar-refractivity contribution in [1.82, 2.24) is 4.57 Å². The highest BCUT2D eigenvalue weighted by molar-refractivity contribution is 9.10. The molecule has 0 amide bonds. The normalized spacial score (nSPS) is 10.5. The first-order valence-electron chi connectivity index (χ1n) is 5.56. The summed E-state index contributed by atoms with van der Waals surface area (Å²) in [6, 6.07) is 11.9. The molecule has 2 nitrogen and oxygen atoms in total. The number of ketones is 1. The van der Waals surface area contributed by atoms with E-state index in [9.17, 15) is 4.79 Å². The number of nitrogens with zero attached hydrogens (tertiary/aromatic N) is 1. The molecule has 0 N–H and O–H groups in total. The highest BCUT2D eigenvalue weighted by Crippen LogP contribution is 2.13. The van der Waals surface area contributed by atoms with Crippen molar-refractivity contribution in [2.24, 2.45) is 7.05 Å². The van der Waals surface area contributed by atoms with Gasteiger partial charge < -0.3 is 4.57 Å². The number of hydrogen-bond acceptors (Lipinski definition) is 1. The van der Waals surface area contributed by atoms with Gasteiger partial charge in [-0.2, -0.15) is 0 Å². The minimum Gasteiger partial charge on any atom is -0.348 e. The molecule has 1 heterocycles. The molecule has 1 aromatic carbocycles. The van der Waals surface area contributed by atoms with Gasteiger partial charge in [0.2, 0.25) is 0 Å². The van der Waals surface area contributed by atoms with Crippen molar-refractivity contribution in [3.8, 4) is 0 Å². The summed E-state index contributed by atoms with van der Waals surface area (Å²) >= 11 is 3.40. The summed E-state index contributed by atoms with van der Waals surface area (Å²) in [5.41, 5.74) is 1.97. The van der Waals surface area contributed by atoms with Gasteiger partial charge in [-0.05, 0) is 36.2 Å². The molecule has 88 valence electrons. The first-order chi connectivity index (χ1) is 8.16. The monoisotopic (exact) mass is 291 g/mol. The van der Waals surface area contributed by atoms with Gasteiger partial charge in [-0.15, -0.1) is 0 Å². The third kappa shape index (κ3) is 3.07. The molecule has 1 aromatic heterocycles. The minimum atomic E-state index is 0.195. The van der Waals surface area contributed by atoms with E-state index in [1.807, 2.05) is 54.2 Å². The fraction of sp³-hybridized carbons (Fsp3) is 0.214. The Balaban J connectivity index is 1.97. The lowest BCUT2D eigenvalue weighted by Gasteiger charge is -2.03. The van der Waals surface area contributed by atoms with Crippen molar-refractivity contribution in [2.75, 3.05) is 0 Å². The SMILES string of the molecule is Cn1cccc1C(=O)CCc1ccc(Br)cc1. The molecule has 0 bridgehead atoms. The molecule has 0 aliphatic carbocycles. The van der Waals surface area contributed by atoms with Gasteiger partial charge in [0.05, 0.1) is 5.69 Å². The molecule has 0 fully saturated rings. The van der Waals surface area contributed by atoms with Crippen LogP contribution in [-0.4, -0.2) is 10.4 Å². The predicted molar refractivity (Wildman–Crippen MR) is 72.2 cm³/mol. The van der Waals surface area contributed by atoms with E-state index in [1.165, 1.54) is 5.56 Å². The van der Waals surface area contributed by atoms with E-state index in [2.05, 4.69) is 15.9 Å². The molecule has 2 aromatic rings. The molecule has 0 saturated carbocycles. The van der Waals surface area contributed by atoms with Gasteiger partial charge in [0, 0.05) is 24.1 Å². The van der Waals surface area contributed by atoms with E-state index < -0.39 is 0 Å². The quantitative estimate of drug-likeness (QED) is 0.789. The molecule has 0 unspecified atom stereocenters. The zero-order valence-electron chi connectivity index (χ0n) is 9.69. The van der Waals surface area contributed by atoms with Crippen LogP contribution in [0, 0.1) is 0 Å². The van der Waals surface area contributed by atoms with E-state index in [-0.39, 0.29) is 5.78 Å². The van der Waals surface area contributed by atoms with Crippen LogP contribution in [0.1, 0.15) is 22.5 Å². The van der Waals surface area contributed by atoms with Crippen LogP contribution < -0.4 is 0 Å². The van der Waals surface area contributed by atoms with Crippen LogP contribution in [0.4, 0.5) is 0 Å². The Hall–Kier alpha value is -1.35. The van der Waals surface area contributed by atoms with Gasteiger partial charge in [-0.1, -0.05) is 28.1 Å². The number of aromatic nitrogens is 1. The lowest BCUT2D eigenvalue weighted by atomic mass is 10.1. The summed E-state index contributed by atoms with van der Waals surface area (Å²) in [4.78, 5) is 11.9. The Morgan fingerprint density at radius 3 is 2.53 bits per heavy atom. The van der Waals surface area contributed by atoms with Gasteiger partial charge in [-0.3, -0.25) is 4.79 Å². The minimum absolute atomic E-state index is 0.195. The fourth-order valence-electron chi connectivity index (χ4n) is 1.79. The Morgan fingerprint density at radius 1 is 1.24 bits per heavy atom. The number of rotatable bonds is 4. The molecular formula is C14H14BrNO. The average molecular weight is 292 g/mol. The van der Waals surface area contributed by atoms with E-state index in [1.54, 1.807) is 0 Å². The first-order valence-corrected chi connectivity index (χ1v) is 6.35. The number of benzene rings is 1. The fourth-order valence-corrected chi connectivity index (χ4v) is 2.05. The summed E-state index contributed by atoms with van der Waals surface area (Å²) < 4.78 is 2.93. The van der Waals surface area contributed by atoms with Crippen molar-refractivity contribution >= 4 is 21.7 Å². The molecule has 0 radical (unpaired) electrons. The molecular weight excluding hydrogens is 278 g/mol.